The van der Waals surface area contributed by atoms with Crippen LogP contribution in [0.25, 0.3) is 10.6 Å². The summed E-state index contributed by atoms with van der Waals surface area (Å²) >= 11 is 1.72. The molecule has 0 aromatic carbocycles. The number of nitrogens with zero attached hydrogens (tertiary/aromatic N) is 2. The van der Waals surface area contributed by atoms with E-state index in [9.17, 15) is 0 Å². The molecule has 0 amide bonds. The van der Waals surface area contributed by atoms with E-state index in [4.69, 9.17) is 0 Å². The molecule has 2 heterocycles. The summed E-state index contributed by atoms with van der Waals surface area (Å²) < 4.78 is 0. The Morgan fingerprint density at radius 2 is 2.24 bits per heavy atom. The number of hydrogen-bond acceptors (Lipinski definition) is 4. The second-order valence-electron chi connectivity index (χ2n) is 4.40. The molecule has 0 spiro atoms. The monoisotopic (exact) mass is 247 g/mol. The molecular formula is C13H17N3S. The van der Waals surface area contributed by atoms with E-state index in [1.54, 1.807) is 17.5 Å². The quantitative estimate of drug-likeness (QED) is 0.882. The number of pyridine rings is 1. The van der Waals surface area contributed by atoms with Crippen LogP contribution in [0.2, 0.25) is 0 Å². The van der Waals surface area contributed by atoms with Gasteiger partial charge in [0, 0.05) is 35.6 Å². The maximum Gasteiger partial charge on any atom is 0.125 e. The second-order valence-corrected chi connectivity index (χ2v) is 5.51. The maximum atomic E-state index is 4.42. The summed E-state index contributed by atoms with van der Waals surface area (Å²) in [5.41, 5.74) is 1.09. The first-order chi connectivity index (χ1) is 8.25. The molecule has 0 aliphatic heterocycles. The maximum absolute atomic E-state index is 4.42. The van der Waals surface area contributed by atoms with Crippen molar-refractivity contribution in [1.29, 1.82) is 0 Å². The lowest BCUT2D eigenvalue weighted by Gasteiger charge is -2.04. The summed E-state index contributed by atoms with van der Waals surface area (Å²) in [7, 11) is 0. The van der Waals surface area contributed by atoms with Crippen LogP contribution in [0.5, 0.6) is 0 Å². The first-order valence-corrected chi connectivity index (χ1v) is 6.63. The Kier molecular flexibility index (Phi) is 4.23. The lowest BCUT2D eigenvalue weighted by Crippen LogP contribution is -2.18. The first kappa shape index (κ1) is 12.2. The van der Waals surface area contributed by atoms with Crippen molar-refractivity contribution in [3.8, 4) is 10.6 Å². The second kappa shape index (κ2) is 5.89. The van der Waals surface area contributed by atoms with Crippen molar-refractivity contribution >= 4 is 11.3 Å². The van der Waals surface area contributed by atoms with Crippen LogP contribution in [0.4, 0.5) is 0 Å². The summed E-state index contributed by atoms with van der Waals surface area (Å²) in [6.07, 6.45) is 5.58. The minimum atomic E-state index is 0.681. The van der Waals surface area contributed by atoms with Crippen molar-refractivity contribution in [3.63, 3.8) is 0 Å². The zero-order valence-electron chi connectivity index (χ0n) is 10.2. The number of thiazole rings is 1. The van der Waals surface area contributed by atoms with Crippen molar-refractivity contribution in [3.05, 3.63) is 35.6 Å². The molecular weight excluding hydrogens is 230 g/mol. The first-order valence-electron chi connectivity index (χ1n) is 5.81. The van der Waals surface area contributed by atoms with Gasteiger partial charge in [-0.15, -0.1) is 11.3 Å². The Morgan fingerprint density at radius 1 is 1.35 bits per heavy atom. The Balaban J connectivity index is 1.97. The molecule has 0 unspecified atom stereocenters. The normalized spacial score (nSPS) is 11.0. The van der Waals surface area contributed by atoms with Crippen molar-refractivity contribution in [2.45, 2.75) is 20.4 Å². The van der Waals surface area contributed by atoms with Crippen molar-refractivity contribution in [2.24, 2.45) is 5.92 Å². The van der Waals surface area contributed by atoms with Gasteiger partial charge in [0.15, 0.2) is 0 Å². The molecule has 0 saturated carbocycles. The number of nitrogens with one attached hydrogen (secondary N) is 1. The van der Waals surface area contributed by atoms with Gasteiger partial charge in [-0.25, -0.2) is 4.98 Å². The third-order valence-corrected chi connectivity index (χ3v) is 3.36. The molecule has 90 valence electrons. The predicted octanol–water partition coefficient (Wildman–Crippen LogP) is 2.95. The molecule has 1 N–H and O–H groups in total. The fourth-order valence-corrected chi connectivity index (χ4v) is 2.37. The van der Waals surface area contributed by atoms with Gasteiger partial charge in [-0.2, -0.15) is 0 Å². The molecule has 2 rings (SSSR count). The molecule has 4 heteroatoms. The van der Waals surface area contributed by atoms with E-state index in [2.05, 4.69) is 29.1 Å². The van der Waals surface area contributed by atoms with E-state index in [1.165, 1.54) is 4.88 Å². The molecule has 3 nitrogen and oxygen atoms in total. The molecule has 0 radical (unpaired) electrons. The van der Waals surface area contributed by atoms with Crippen LogP contribution < -0.4 is 5.32 Å². The van der Waals surface area contributed by atoms with Crippen LogP contribution in [0.15, 0.2) is 30.7 Å². The average molecular weight is 247 g/mol. The molecule has 0 atom stereocenters. The van der Waals surface area contributed by atoms with Crippen LogP contribution in [0, 0.1) is 5.92 Å². The van der Waals surface area contributed by atoms with E-state index in [1.807, 2.05) is 24.5 Å². The Labute approximate surface area is 106 Å². The zero-order valence-corrected chi connectivity index (χ0v) is 11.0. The van der Waals surface area contributed by atoms with Crippen LogP contribution in [-0.2, 0) is 6.54 Å². The molecule has 2 aromatic heterocycles. The van der Waals surface area contributed by atoms with Gasteiger partial charge in [-0.05, 0) is 24.6 Å². The fraction of sp³-hybridized carbons (Fsp3) is 0.385. The topological polar surface area (TPSA) is 37.8 Å². The molecule has 0 aliphatic carbocycles. The molecule has 0 aliphatic rings. The lowest BCUT2D eigenvalue weighted by molar-refractivity contribution is 0.554. The molecule has 0 saturated heterocycles. The summed E-state index contributed by atoms with van der Waals surface area (Å²) in [6, 6.07) is 3.98. The third kappa shape index (κ3) is 3.61. The molecule has 0 bridgehead atoms. The van der Waals surface area contributed by atoms with Crippen molar-refractivity contribution in [2.75, 3.05) is 6.54 Å². The van der Waals surface area contributed by atoms with Gasteiger partial charge in [0.25, 0.3) is 0 Å². The van der Waals surface area contributed by atoms with Crippen LogP contribution in [-0.4, -0.2) is 16.5 Å². The summed E-state index contributed by atoms with van der Waals surface area (Å²) in [5, 5.41) is 4.46. The van der Waals surface area contributed by atoms with Gasteiger partial charge in [-0.1, -0.05) is 13.8 Å². The Morgan fingerprint density at radius 3 is 2.94 bits per heavy atom. The van der Waals surface area contributed by atoms with E-state index in [-0.39, 0.29) is 0 Å². The van der Waals surface area contributed by atoms with Gasteiger partial charge < -0.3 is 5.32 Å². The highest BCUT2D eigenvalue weighted by atomic mass is 32.1. The van der Waals surface area contributed by atoms with Gasteiger partial charge in [-0.3, -0.25) is 4.98 Å². The van der Waals surface area contributed by atoms with Gasteiger partial charge in [0.1, 0.15) is 5.01 Å². The highest BCUT2D eigenvalue weighted by molar-refractivity contribution is 7.15. The standard InChI is InChI=1S/C13H17N3S/c1-10(2)6-15-8-12-9-16-13(17-12)11-4-3-5-14-7-11/h3-5,7,9-10,15H,6,8H2,1-2H3. The zero-order chi connectivity index (χ0) is 12.1. The third-order valence-electron chi connectivity index (χ3n) is 2.31. The van der Waals surface area contributed by atoms with E-state index in [0.717, 1.165) is 23.7 Å². The van der Waals surface area contributed by atoms with Crippen LogP contribution in [0.3, 0.4) is 0 Å². The van der Waals surface area contributed by atoms with Gasteiger partial charge in [0.2, 0.25) is 0 Å². The van der Waals surface area contributed by atoms with Gasteiger partial charge >= 0.3 is 0 Å². The van der Waals surface area contributed by atoms with Crippen molar-refractivity contribution in [1.82, 2.24) is 15.3 Å². The Hall–Kier alpha value is -1.26. The molecule has 2 aromatic rings. The highest BCUT2D eigenvalue weighted by Crippen LogP contribution is 2.23. The summed E-state index contributed by atoms with van der Waals surface area (Å²) in [4.78, 5) is 9.80. The van der Waals surface area contributed by atoms with Crippen molar-refractivity contribution < 1.29 is 0 Å². The number of hydrogen-bond donors (Lipinski definition) is 1. The van der Waals surface area contributed by atoms with E-state index < -0.39 is 0 Å². The molecule has 0 fully saturated rings. The average Bonchev–Trinajstić information content (AvgIpc) is 2.78. The SMILES string of the molecule is CC(C)CNCc1cnc(-c2cccnc2)s1. The van der Waals surface area contributed by atoms with E-state index in [0.29, 0.717) is 5.92 Å². The van der Waals surface area contributed by atoms with Gasteiger partial charge in [0.05, 0.1) is 0 Å². The largest absolute Gasteiger partial charge is 0.312 e. The van der Waals surface area contributed by atoms with Crippen LogP contribution in [0.1, 0.15) is 18.7 Å². The smallest absolute Gasteiger partial charge is 0.125 e. The molecule has 17 heavy (non-hydrogen) atoms. The minimum Gasteiger partial charge on any atom is -0.312 e. The van der Waals surface area contributed by atoms with E-state index >= 15 is 0 Å². The lowest BCUT2D eigenvalue weighted by atomic mass is 10.2. The summed E-state index contributed by atoms with van der Waals surface area (Å²) in [6.45, 7) is 6.36. The predicted molar refractivity (Wildman–Crippen MR) is 71.9 cm³/mol. The fourth-order valence-electron chi connectivity index (χ4n) is 1.50. The number of rotatable bonds is 5. The van der Waals surface area contributed by atoms with Crippen LogP contribution >= 0.6 is 11.3 Å². The summed E-state index contributed by atoms with van der Waals surface area (Å²) in [5.74, 6) is 0.681. The minimum absolute atomic E-state index is 0.681. The number of aromatic nitrogens is 2. The Bertz CT molecular complexity index is 451. The highest BCUT2D eigenvalue weighted by Gasteiger charge is 2.04.